The summed E-state index contributed by atoms with van der Waals surface area (Å²) >= 11 is 0. The molecule has 0 aliphatic heterocycles. The molecular formula is C15H22O. The van der Waals surface area contributed by atoms with Crippen molar-refractivity contribution in [2.75, 3.05) is 0 Å². The molecule has 2 atom stereocenters. The summed E-state index contributed by atoms with van der Waals surface area (Å²) < 4.78 is 0. The Morgan fingerprint density at radius 2 is 1.81 bits per heavy atom. The Morgan fingerprint density at radius 1 is 1.19 bits per heavy atom. The third-order valence-electron chi connectivity index (χ3n) is 4.00. The summed E-state index contributed by atoms with van der Waals surface area (Å²) in [4.78, 5) is 0. The van der Waals surface area contributed by atoms with Crippen LogP contribution >= 0.6 is 0 Å². The lowest BCUT2D eigenvalue weighted by molar-refractivity contribution is 0.471. The van der Waals surface area contributed by atoms with Crippen LogP contribution in [0.5, 0.6) is 5.75 Å². The maximum absolute atomic E-state index is 9.79. The van der Waals surface area contributed by atoms with Crippen molar-refractivity contribution in [3.8, 4) is 5.75 Å². The molecule has 1 aliphatic rings. The Bertz CT molecular complexity index is 366. The van der Waals surface area contributed by atoms with E-state index in [-0.39, 0.29) is 0 Å². The van der Waals surface area contributed by atoms with Crippen LogP contribution in [0.1, 0.15) is 63.0 Å². The number of phenolic OH excluding ortho intramolecular Hbond substituents is 1. The smallest absolute Gasteiger partial charge is 0.116 e. The molecule has 0 amide bonds. The standard InChI is InChI=1S/C15H22O/c1-4-10(2)13-7-14(9-15(16)8-13)11(3)12-5-6-12/h7-12,16H,4-6H2,1-3H3. The van der Waals surface area contributed by atoms with E-state index >= 15 is 0 Å². The van der Waals surface area contributed by atoms with E-state index in [4.69, 9.17) is 0 Å². The van der Waals surface area contributed by atoms with Crippen molar-refractivity contribution in [2.24, 2.45) is 5.92 Å². The lowest BCUT2D eigenvalue weighted by atomic mass is 9.90. The van der Waals surface area contributed by atoms with Crippen molar-refractivity contribution in [3.63, 3.8) is 0 Å². The van der Waals surface area contributed by atoms with Gasteiger partial charge in [0, 0.05) is 0 Å². The summed E-state index contributed by atoms with van der Waals surface area (Å²) in [6.45, 7) is 6.70. The second-order valence-corrected chi connectivity index (χ2v) is 5.29. The van der Waals surface area contributed by atoms with Crippen molar-refractivity contribution in [1.82, 2.24) is 0 Å². The predicted octanol–water partition coefficient (Wildman–Crippen LogP) is 4.42. The summed E-state index contributed by atoms with van der Waals surface area (Å²) in [7, 11) is 0. The summed E-state index contributed by atoms with van der Waals surface area (Å²) in [5.41, 5.74) is 2.60. The molecule has 1 heteroatoms. The van der Waals surface area contributed by atoms with Crippen LogP contribution in [0.2, 0.25) is 0 Å². The molecule has 0 heterocycles. The molecule has 1 aromatic carbocycles. The summed E-state index contributed by atoms with van der Waals surface area (Å²) in [6, 6.07) is 6.14. The molecule has 1 nitrogen and oxygen atoms in total. The molecule has 88 valence electrons. The Kier molecular flexibility index (Phi) is 3.22. The van der Waals surface area contributed by atoms with Crippen LogP contribution in [-0.2, 0) is 0 Å². The zero-order valence-electron chi connectivity index (χ0n) is 10.5. The van der Waals surface area contributed by atoms with Crippen LogP contribution in [-0.4, -0.2) is 5.11 Å². The quantitative estimate of drug-likeness (QED) is 0.793. The van der Waals surface area contributed by atoms with Gasteiger partial charge in [0.25, 0.3) is 0 Å². The lowest BCUT2D eigenvalue weighted by Gasteiger charge is -2.16. The van der Waals surface area contributed by atoms with Crippen LogP contribution < -0.4 is 0 Å². The zero-order valence-corrected chi connectivity index (χ0v) is 10.5. The van der Waals surface area contributed by atoms with Gasteiger partial charge in [-0.25, -0.2) is 0 Å². The van der Waals surface area contributed by atoms with E-state index in [1.807, 2.05) is 12.1 Å². The van der Waals surface area contributed by atoms with Gasteiger partial charge in [-0.15, -0.1) is 0 Å². The normalized spacial score (nSPS) is 19.4. The molecule has 1 fully saturated rings. The SMILES string of the molecule is CCC(C)c1cc(O)cc(C(C)C2CC2)c1. The van der Waals surface area contributed by atoms with E-state index in [0.717, 1.165) is 12.3 Å². The highest BCUT2D eigenvalue weighted by molar-refractivity contribution is 5.37. The monoisotopic (exact) mass is 218 g/mol. The minimum Gasteiger partial charge on any atom is -0.508 e. The van der Waals surface area contributed by atoms with Crippen molar-refractivity contribution in [1.29, 1.82) is 0 Å². The lowest BCUT2D eigenvalue weighted by Crippen LogP contribution is -1.99. The zero-order chi connectivity index (χ0) is 11.7. The maximum atomic E-state index is 9.79. The molecule has 16 heavy (non-hydrogen) atoms. The first-order chi connectivity index (χ1) is 7.61. The first kappa shape index (κ1) is 11.5. The molecule has 1 aromatic rings. The minimum atomic E-state index is 0.431. The highest BCUT2D eigenvalue weighted by atomic mass is 16.3. The van der Waals surface area contributed by atoms with Gasteiger partial charge in [-0.05, 0) is 60.3 Å². The Morgan fingerprint density at radius 3 is 2.38 bits per heavy atom. The molecule has 0 bridgehead atoms. The minimum absolute atomic E-state index is 0.431. The van der Waals surface area contributed by atoms with Gasteiger partial charge in [0.05, 0.1) is 0 Å². The van der Waals surface area contributed by atoms with E-state index < -0.39 is 0 Å². The van der Waals surface area contributed by atoms with E-state index in [2.05, 4.69) is 26.8 Å². The highest BCUT2D eigenvalue weighted by Crippen LogP contribution is 2.43. The molecule has 0 saturated heterocycles. The van der Waals surface area contributed by atoms with Crippen LogP contribution in [0.15, 0.2) is 18.2 Å². The van der Waals surface area contributed by atoms with Crippen LogP contribution in [0.3, 0.4) is 0 Å². The molecule has 1 aliphatic carbocycles. The highest BCUT2D eigenvalue weighted by Gasteiger charge is 2.29. The molecule has 2 rings (SSSR count). The van der Waals surface area contributed by atoms with Gasteiger partial charge in [-0.3, -0.25) is 0 Å². The van der Waals surface area contributed by atoms with Crippen LogP contribution in [0, 0.1) is 5.92 Å². The maximum Gasteiger partial charge on any atom is 0.116 e. The molecule has 2 unspecified atom stereocenters. The Balaban J connectivity index is 2.27. The molecular weight excluding hydrogens is 196 g/mol. The largest absolute Gasteiger partial charge is 0.508 e. The number of benzene rings is 1. The van der Waals surface area contributed by atoms with Crippen LogP contribution in [0.25, 0.3) is 0 Å². The molecule has 1 saturated carbocycles. The van der Waals surface area contributed by atoms with E-state index in [9.17, 15) is 5.11 Å². The second kappa shape index (κ2) is 4.48. The van der Waals surface area contributed by atoms with Gasteiger partial charge >= 0.3 is 0 Å². The molecule has 0 radical (unpaired) electrons. The first-order valence-corrected chi connectivity index (χ1v) is 6.45. The number of hydrogen-bond acceptors (Lipinski definition) is 1. The Hall–Kier alpha value is -0.980. The van der Waals surface area contributed by atoms with E-state index in [1.165, 1.54) is 24.0 Å². The second-order valence-electron chi connectivity index (χ2n) is 5.29. The van der Waals surface area contributed by atoms with Crippen LogP contribution in [0.4, 0.5) is 0 Å². The summed E-state index contributed by atoms with van der Waals surface area (Å²) in [5.74, 6) is 2.43. The third-order valence-corrected chi connectivity index (χ3v) is 4.00. The fourth-order valence-electron chi connectivity index (χ4n) is 2.31. The van der Waals surface area contributed by atoms with Gasteiger partial charge in [-0.2, -0.15) is 0 Å². The number of hydrogen-bond donors (Lipinski definition) is 1. The first-order valence-electron chi connectivity index (χ1n) is 6.45. The molecule has 0 spiro atoms. The van der Waals surface area contributed by atoms with E-state index in [1.54, 1.807) is 0 Å². The number of aromatic hydroxyl groups is 1. The summed E-state index contributed by atoms with van der Waals surface area (Å²) in [6.07, 6.45) is 3.84. The average molecular weight is 218 g/mol. The van der Waals surface area contributed by atoms with Gasteiger partial charge in [0.15, 0.2) is 0 Å². The molecule has 0 aromatic heterocycles. The van der Waals surface area contributed by atoms with Gasteiger partial charge in [-0.1, -0.05) is 26.8 Å². The van der Waals surface area contributed by atoms with E-state index in [0.29, 0.717) is 17.6 Å². The van der Waals surface area contributed by atoms with Crippen molar-refractivity contribution < 1.29 is 5.11 Å². The van der Waals surface area contributed by atoms with Gasteiger partial charge < -0.3 is 5.11 Å². The van der Waals surface area contributed by atoms with Crippen molar-refractivity contribution in [2.45, 2.75) is 51.9 Å². The fourth-order valence-corrected chi connectivity index (χ4v) is 2.31. The average Bonchev–Trinajstić information content (AvgIpc) is 3.10. The fraction of sp³-hybridized carbons (Fsp3) is 0.600. The Labute approximate surface area is 98.5 Å². The molecule has 1 N–H and O–H groups in total. The predicted molar refractivity (Wildman–Crippen MR) is 68.0 cm³/mol. The van der Waals surface area contributed by atoms with Gasteiger partial charge in [0.2, 0.25) is 0 Å². The van der Waals surface area contributed by atoms with Crippen molar-refractivity contribution >= 4 is 0 Å². The topological polar surface area (TPSA) is 20.2 Å². The number of rotatable bonds is 4. The van der Waals surface area contributed by atoms with Gasteiger partial charge in [0.1, 0.15) is 5.75 Å². The third kappa shape index (κ3) is 2.40. The number of phenols is 1. The van der Waals surface area contributed by atoms with Crippen molar-refractivity contribution in [3.05, 3.63) is 29.3 Å². The summed E-state index contributed by atoms with van der Waals surface area (Å²) in [5, 5.41) is 9.79.